The monoisotopic (exact) mass is 438 g/mol. The Morgan fingerprint density at radius 2 is 1.81 bits per heavy atom. The van der Waals surface area contributed by atoms with Gasteiger partial charge in [0, 0.05) is 0 Å². The van der Waals surface area contributed by atoms with Crippen molar-refractivity contribution in [3.63, 3.8) is 0 Å². The van der Waals surface area contributed by atoms with Gasteiger partial charge in [0.25, 0.3) is 11.8 Å². The van der Waals surface area contributed by atoms with Gasteiger partial charge in [0.2, 0.25) is 0 Å². The van der Waals surface area contributed by atoms with Crippen LogP contribution in [0.25, 0.3) is 0 Å². The molecule has 5 heterocycles. The lowest BCUT2D eigenvalue weighted by Gasteiger charge is -2.30. The third-order valence-electron chi connectivity index (χ3n) is 6.23. The highest BCUT2D eigenvalue weighted by molar-refractivity contribution is 6.21. The van der Waals surface area contributed by atoms with Crippen molar-refractivity contribution >= 4 is 29.1 Å². The van der Waals surface area contributed by atoms with Crippen molar-refractivity contribution < 1.29 is 23.8 Å². The minimum atomic E-state index is -0.835. The summed E-state index contributed by atoms with van der Waals surface area (Å²) in [5, 5.41) is 3.19. The van der Waals surface area contributed by atoms with Crippen LogP contribution >= 0.6 is 0 Å². The number of carbonyl (C=O) groups excluding carboxylic acids is 2. The highest BCUT2D eigenvalue weighted by Crippen LogP contribution is 2.44. The number of ether oxygens (including phenoxy) is 3. The van der Waals surface area contributed by atoms with Gasteiger partial charge in [-0.1, -0.05) is 12.1 Å². The number of anilines is 3. The molecule has 32 heavy (non-hydrogen) atoms. The molecule has 0 radical (unpaired) electrons. The molecular formula is C21H22N6O5. The van der Waals surface area contributed by atoms with Gasteiger partial charge < -0.3 is 30.2 Å². The molecule has 0 spiro atoms. The fraction of sp³-hybridized carbons (Fsp3) is 0.429. The van der Waals surface area contributed by atoms with Gasteiger partial charge in [-0.2, -0.15) is 0 Å². The summed E-state index contributed by atoms with van der Waals surface area (Å²) in [6.45, 7) is 4.12. The number of benzene rings is 1. The fourth-order valence-electron chi connectivity index (χ4n) is 4.87. The van der Waals surface area contributed by atoms with Gasteiger partial charge in [-0.25, -0.2) is 9.97 Å². The third-order valence-corrected chi connectivity index (χ3v) is 6.23. The van der Waals surface area contributed by atoms with Crippen LogP contribution in [0.5, 0.6) is 0 Å². The number of hydrogen-bond donors (Lipinski definition) is 2. The molecular weight excluding hydrogens is 416 g/mol. The summed E-state index contributed by atoms with van der Waals surface area (Å²) in [6.07, 6.45) is -0.647. The Morgan fingerprint density at radius 3 is 2.53 bits per heavy atom. The number of rotatable bonds is 3. The first kappa shape index (κ1) is 19.4. The number of nitrogens with two attached hydrogens (primary N) is 1. The first-order valence-corrected chi connectivity index (χ1v) is 10.4. The maximum absolute atomic E-state index is 12.9. The Labute approximate surface area is 183 Å². The standard InChI is InChI=1S/C21H22N6O5/c1-21(2)31-14-12(7-26-18(28)10-5-3-4-6-11(10)19(26)29)30-20(15(14)32-21)27-9-25-13-16(22)23-8-24-17(13)27/h3-6,8,12,14-15,20,25H,7,9H2,1-2H3,(H2,22,23,24)/t12-,14-,15-,20-/m1/s1. The normalized spacial score (nSPS) is 29.8. The van der Waals surface area contributed by atoms with Gasteiger partial charge in [-0.05, 0) is 26.0 Å². The smallest absolute Gasteiger partial charge is 0.261 e. The van der Waals surface area contributed by atoms with Crippen molar-refractivity contribution in [2.24, 2.45) is 0 Å². The second kappa shape index (κ2) is 6.61. The topological polar surface area (TPSA) is 132 Å². The highest BCUT2D eigenvalue weighted by atomic mass is 16.8. The van der Waals surface area contributed by atoms with Crippen molar-refractivity contribution in [1.29, 1.82) is 0 Å². The number of aromatic nitrogens is 2. The molecule has 6 rings (SSSR count). The van der Waals surface area contributed by atoms with Crippen LogP contribution in [0.2, 0.25) is 0 Å². The molecule has 2 amide bonds. The molecule has 0 saturated carbocycles. The van der Waals surface area contributed by atoms with Gasteiger partial charge >= 0.3 is 0 Å². The number of nitrogens with zero attached hydrogens (tertiary/aromatic N) is 4. The van der Waals surface area contributed by atoms with E-state index < -0.39 is 30.3 Å². The molecule has 3 N–H and O–H groups in total. The predicted octanol–water partition coefficient (Wildman–Crippen LogP) is 0.789. The number of carbonyl (C=O) groups is 2. The Balaban J connectivity index is 1.30. The van der Waals surface area contributed by atoms with Gasteiger partial charge in [0.1, 0.15) is 30.3 Å². The summed E-state index contributed by atoms with van der Waals surface area (Å²) in [6, 6.07) is 6.80. The van der Waals surface area contributed by atoms with Gasteiger partial charge in [0.05, 0.1) is 24.3 Å². The van der Waals surface area contributed by atoms with Crippen LogP contribution in [0.15, 0.2) is 30.6 Å². The fourth-order valence-corrected chi connectivity index (χ4v) is 4.87. The van der Waals surface area contributed by atoms with Crippen molar-refractivity contribution in [2.75, 3.05) is 29.2 Å². The molecule has 4 aliphatic heterocycles. The number of amides is 2. The van der Waals surface area contributed by atoms with Crippen molar-refractivity contribution in [2.45, 2.75) is 44.2 Å². The number of hydrogen-bond acceptors (Lipinski definition) is 10. The molecule has 1 aromatic carbocycles. The minimum absolute atomic E-state index is 0.0590. The van der Waals surface area contributed by atoms with Crippen LogP contribution in [0.3, 0.4) is 0 Å². The average molecular weight is 438 g/mol. The van der Waals surface area contributed by atoms with Crippen molar-refractivity contribution in [1.82, 2.24) is 14.9 Å². The SMILES string of the molecule is CC1(C)O[C@@H]2[C@H](O1)[C@@H](CN1C(=O)c3ccccc3C1=O)O[C@H]2N1CNc2c(N)ncnc21. The molecule has 11 nitrogen and oxygen atoms in total. The zero-order valence-electron chi connectivity index (χ0n) is 17.5. The van der Waals surface area contributed by atoms with Crippen LogP contribution in [0, 0.1) is 0 Å². The molecule has 2 aromatic rings. The number of imide groups is 1. The summed E-state index contributed by atoms with van der Waals surface area (Å²) in [5.41, 5.74) is 7.41. The van der Waals surface area contributed by atoms with E-state index in [9.17, 15) is 9.59 Å². The number of nitrogens with one attached hydrogen (secondary N) is 1. The molecule has 0 bridgehead atoms. The maximum atomic E-state index is 12.9. The first-order chi connectivity index (χ1) is 15.3. The number of fused-ring (bicyclic) bond motifs is 3. The molecule has 166 valence electrons. The molecule has 0 aliphatic carbocycles. The second-order valence-corrected chi connectivity index (χ2v) is 8.66. The van der Waals surface area contributed by atoms with E-state index in [1.807, 2.05) is 18.7 Å². The molecule has 1 aromatic heterocycles. The average Bonchev–Trinajstić information content (AvgIpc) is 3.47. The summed E-state index contributed by atoms with van der Waals surface area (Å²) >= 11 is 0. The first-order valence-electron chi connectivity index (χ1n) is 10.4. The Kier molecular flexibility index (Phi) is 4.01. The minimum Gasteiger partial charge on any atom is -0.382 e. The molecule has 4 atom stereocenters. The Hall–Kier alpha value is -3.28. The van der Waals surface area contributed by atoms with E-state index >= 15 is 0 Å². The molecule has 0 unspecified atom stereocenters. The zero-order chi connectivity index (χ0) is 22.2. The van der Waals surface area contributed by atoms with Crippen LogP contribution in [-0.4, -0.2) is 70.2 Å². The van der Waals surface area contributed by atoms with Crippen LogP contribution < -0.4 is 16.0 Å². The number of nitrogen functional groups attached to an aromatic ring is 1. The highest BCUT2D eigenvalue weighted by Gasteiger charge is 2.58. The molecule has 11 heteroatoms. The summed E-state index contributed by atoms with van der Waals surface area (Å²) in [4.78, 5) is 37.3. The lowest BCUT2D eigenvalue weighted by Crippen LogP contribution is -2.44. The van der Waals surface area contributed by atoms with Crippen LogP contribution in [0.1, 0.15) is 34.6 Å². The van der Waals surface area contributed by atoms with E-state index in [2.05, 4.69) is 15.3 Å². The van der Waals surface area contributed by atoms with E-state index in [1.54, 1.807) is 24.3 Å². The summed E-state index contributed by atoms with van der Waals surface area (Å²) in [5.74, 6) is -0.546. The van der Waals surface area contributed by atoms with E-state index in [0.717, 1.165) is 0 Å². The van der Waals surface area contributed by atoms with Crippen molar-refractivity contribution in [3.8, 4) is 0 Å². The zero-order valence-corrected chi connectivity index (χ0v) is 17.5. The third kappa shape index (κ3) is 2.71. The largest absolute Gasteiger partial charge is 0.382 e. The van der Waals surface area contributed by atoms with E-state index in [4.69, 9.17) is 19.9 Å². The second-order valence-electron chi connectivity index (χ2n) is 8.66. The maximum Gasteiger partial charge on any atom is 0.261 e. The van der Waals surface area contributed by atoms with Gasteiger partial charge in [0.15, 0.2) is 23.7 Å². The Bertz CT molecular complexity index is 1100. The van der Waals surface area contributed by atoms with Crippen LogP contribution in [-0.2, 0) is 14.2 Å². The Morgan fingerprint density at radius 1 is 1.12 bits per heavy atom. The summed E-state index contributed by atoms with van der Waals surface area (Å²) in [7, 11) is 0. The molecule has 2 fully saturated rings. The summed E-state index contributed by atoms with van der Waals surface area (Å²) < 4.78 is 18.7. The van der Waals surface area contributed by atoms with E-state index in [-0.39, 0.29) is 18.4 Å². The molecule has 2 saturated heterocycles. The van der Waals surface area contributed by atoms with E-state index in [1.165, 1.54) is 11.2 Å². The molecule has 4 aliphatic rings. The van der Waals surface area contributed by atoms with Crippen LogP contribution in [0.4, 0.5) is 17.3 Å². The lowest BCUT2D eigenvalue weighted by atomic mass is 10.1. The lowest BCUT2D eigenvalue weighted by molar-refractivity contribution is -0.187. The predicted molar refractivity (Wildman–Crippen MR) is 112 cm³/mol. The van der Waals surface area contributed by atoms with E-state index in [0.29, 0.717) is 35.1 Å². The quantitative estimate of drug-likeness (QED) is 0.663. The van der Waals surface area contributed by atoms with Gasteiger partial charge in [-0.3, -0.25) is 14.5 Å². The van der Waals surface area contributed by atoms with Gasteiger partial charge in [-0.15, -0.1) is 0 Å². The van der Waals surface area contributed by atoms with Crippen molar-refractivity contribution in [3.05, 3.63) is 41.7 Å².